The molecule has 0 bridgehead atoms. The molecule has 3 rings (SSSR count). The first kappa shape index (κ1) is 22.5. The number of benzene rings is 2. The van der Waals surface area contributed by atoms with Crippen LogP contribution in [0.2, 0.25) is 0 Å². The summed E-state index contributed by atoms with van der Waals surface area (Å²) in [5, 5.41) is 5.88. The van der Waals surface area contributed by atoms with E-state index in [0.717, 1.165) is 24.8 Å². The van der Waals surface area contributed by atoms with E-state index in [4.69, 9.17) is 4.74 Å². The monoisotopic (exact) mass is 422 g/mol. The maximum absolute atomic E-state index is 12.6. The van der Waals surface area contributed by atoms with Crippen LogP contribution in [0.15, 0.2) is 60.7 Å². The molecule has 0 unspecified atom stereocenters. The molecule has 2 aromatic rings. The Morgan fingerprint density at radius 1 is 0.968 bits per heavy atom. The van der Waals surface area contributed by atoms with Gasteiger partial charge in [-0.3, -0.25) is 14.4 Å². The molecule has 6 heteroatoms. The highest BCUT2D eigenvalue weighted by atomic mass is 16.5. The summed E-state index contributed by atoms with van der Waals surface area (Å²) in [5.41, 5.74) is 1.31. The maximum atomic E-state index is 12.6. The van der Waals surface area contributed by atoms with Crippen LogP contribution in [-0.4, -0.2) is 30.4 Å². The van der Waals surface area contributed by atoms with Gasteiger partial charge >= 0.3 is 5.97 Å². The summed E-state index contributed by atoms with van der Waals surface area (Å²) in [7, 11) is 0. The summed E-state index contributed by atoms with van der Waals surface area (Å²) >= 11 is 0. The molecule has 2 N–H and O–H groups in total. The van der Waals surface area contributed by atoms with E-state index in [-0.39, 0.29) is 30.9 Å². The van der Waals surface area contributed by atoms with Crippen LogP contribution >= 0.6 is 0 Å². The lowest BCUT2D eigenvalue weighted by Gasteiger charge is -2.29. The third-order valence-corrected chi connectivity index (χ3v) is 5.74. The zero-order valence-electron chi connectivity index (χ0n) is 17.9. The van der Waals surface area contributed by atoms with Crippen molar-refractivity contribution in [1.82, 2.24) is 10.6 Å². The highest BCUT2D eigenvalue weighted by molar-refractivity contribution is 5.94. The van der Waals surface area contributed by atoms with Gasteiger partial charge in [-0.25, -0.2) is 0 Å². The van der Waals surface area contributed by atoms with Crippen molar-refractivity contribution >= 4 is 17.8 Å². The first-order valence-corrected chi connectivity index (χ1v) is 10.9. The minimum atomic E-state index is -0.553. The van der Waals surface area contributed by atoms with Crippen molar-refractivity contribution in [3.8, 4) is 0 Å². The van der Waals surface area contributed by atoms with Gasteiger partial charge in [-0.15, -0.1) is 0 Å². The molecule has 0 aliphatic heterocycles. The van der Waals surface area contributed by atoms with Gasteiger partial charge in [0, 0.05) is 11.6 Å². The Labute approximate surface area is 183 Å². The lowest BCUT2D eigenvalue weighted by atomic mass is 9.86. The largest absolute Gasteiger partial charge is 0.456 e. The van der Waals surface area contributed by atoms with Crippen LogP contribution in [-0.2, 0) is 14.3 Å². The smallest absolute Gasteiger partial charge is 0.308 e. The number of hydrogen-bond donors (Lipinski definition) is 2. The second kappa shape index (κ2) is 11.3. The number of carbonyl (C=O) groups excluding carboxylic acids is 3. The standard InChI is InChI=1S/C25H30N2O4/c1-18-10-8-9-15-21(18)26-23(28)17-31-24(29)16-22(19-11-4-2-5-12-19)27-25(30)20-13-6-3-7-14-20/h2-7,11-14,18,21-22H,8-10,15-17H2,1H3,(H,26,28)(H,27,30)/t18-,21+,22-/m0/s1. The number of amides is 2. The summed E-state index contributed by atoms with van der Waals surface area (Å²) in [6, 6.07) is 17.7. The molecule has 1 fully saturated rings. The predicted molar refractivity (Wildman–Crippen MR) is 118 cm³/mol. The van der Waals surface area contributed by atoms with Crippen molar-refractivity contribution < 1.29 is 19.1 Å². The fourth-order valence-electron chi connectivity index (χ4n) is 3.92. The van der Waals surface area contributed by atoms with E-state index in [1.807, 2.05) is 36.4 Å². The summed E-state index contributed by atoms with van der Waals surface area (Å²) in [6.45, 7) is 1.83. The van der Waals surface area contributed by atoms with Crippen LogP contribution in [0.4, 0.5) is 0 Å². The zero-order chi connectivity index (χ0) is 22.1. The molecule has 0 radical (unpaired) electrons. The Bertz CT molecular complexity index is 870. The highest BCUT2D eigenvalue weighted by Gasteiger charge is 2.24. The second-order valence-corrected chi connectivity index (χ2v) is 8.10. The molecule has 1 aliphatic rings. The van der Waals surface area contributed by atoms with E-state index in [0.29, 0.717) is 11.5 Å². The summed E-state index contributed by atoms with van der Waals surface area (Å²) in [5.74, 6) is -0.652. The van der Waals surface area contributed by atoms with Crippen LogP contribution in [0.1, 0.15) is 61.0 Å². The Morgan fingerprint density at radius 3 is 2.29 bits per heavy atom. The number of ether oxygens (including phenoxy) is 1. The quantitative estimate of drug-likeness (QED) is 0.634. The molecule has 3 atom stereocenters. The Kier molecular flexibility index (Phi) is 8.21. The van der Waals surface area contributed by atoms with Crippen molar-refractivity contribution in [3.05, 3.63) is 71.8 Å². The van der Waals surface area contributed by atoms with Crippen LogP contribution < -0.4 is 10.6 Å². The zero-order valence-corrected chi connectivity index (χ0v) is 17.9. The van der Waals surface area contributed by atoms with Crippen LogP contribution in [0, 0.1) is 5.92 Å². The lowest BCUT2D eigenvalue weighted by Crippen LogP contribution is -2.43. The molecular formula is C25H30N2O4. The van der Waals surface area contributed by atoms with E-state index >= 15 is 0 Å². The number of rotatable bonds is 8. The van der Waals surface area contributed by atoms with E-state index in [9.17, 15) is 14.4 Å². The molecule has 1 saturated carbocycles. The van der Waals surface area contributed by atoms with Crippen LogP contribution in [0.5, 0.6) is 0 Å². The van der Waals surface area contributed by atoms with Crippen molar-refractivity contribution in [2.75, 3.05) is 6.61 Å². The first-order chi connectivity index (χ1) is 15.0. The minimum absolute atomic E-state index is 0.0598. The average molecular weight is 423 g/mol. The molecule has 0 spiro atoms. The molecular weight excluding hydrogens is 392 g/mol. The van der Waals surface area contributed by atoms with Gasteiger partial charge in [0.05, 0.1) is 12.5 Å². The minimum Gasteiger partial charge on any atom is -0.456 e. The van der Waals surface area contributed by atoms with Crippen LogP contribution in [0.3, 0.4) is 0 Å². The normalized spacial score (nSPS) is 19.1. The molecule has 0 aromatic heterocycles. The van der Waals surface area contributed by atoms with Crippen molar-refractivity contribution in [2.45, 2.75) is 51.1 Å². The van der Waals surface area contributed by atoms with Gasteiger partial charge < -0.3 is 15.4 Å². The SMILES string of the molecule is C[C@H]1CCCC[C@H]1NC(=O)COC(=O)C[C@H](NC(=O)c1ccccc1)c1ccccc1. The van der Waals surface area contributed by atoms with Crippen molar-refractivity contribution in [3.63, 3.8) is 0 Å². The van der Waals surface area contributed by atoms with Crippen molar-refractivity contribution in [1.29, 1.82) is 0 Å². The molecule has 6 nitrogen and oxygen atoms in total. The number of carbonyl (C=O) groups is 3. The molecule has 1 aliphatic carbocycles. The molecule has 0 heterocycles. The van der Waals surface area contributed by atoms with Gasteiger partial charge in [-0.2, -0.15) is 0 Å². The predicted octanol–water partition coefficient (Wildman–Crippen LogP) is 3.79. The fourth-order valence-corrected chi connectivity index (χ4v) is 3.92. The summed E-state index contributed by atoms with van der Waals surface area (Å²) in [4.78, 5) is 37.3. The topological polar surface area (TPSA) is 84.5 Å². The highest BCUT2D eigenvalue weighted by Crippen LogP contribution is 2.23. The molecule has 31 heavy (non-hydrogen) atoms. The Hall–Kier alpha value is -3.15. The van der Waals surface area contributed by atoms with E-state index < -0.39 is 12.0 Å². The van der Waals surface area contributed by atoms with Crippen molar-refractivity contribution in [2.24, 2.45) is 5.92 Å². The number of hydrogen-bond acceptors (Lipinski definition) is 4. The molecule has 164 valence electrons. The molecule has 2 amide bonds. The third kappa shape index (κ3) is 6.95. The number of nitrogens with one attached hydrogen (secondary N) is 2. The van der Waals surface area contributed by atoms with Gasteiger partial charge in [0.2, 0.25) is 0 Å². The number of esters is 1. The first-order valence-electron chi connectivity index (χ1n) is 10.9. The van der Waals surface area contributed by atoms with Gasteiger partial charge in [-0.05, 0) is 36.5 Å². The summed E-state index contributed by atoms with van der Waals surface area (Å²) < 4.78 is 5.22. The Balaban J connectivity index is 1.55. The van der Waals surface area contributed by atoms with Gasteiger partial charge in [0.25, 0.3) is 11.8 Å². The molecule has 0 saturated heterocycles. The van der Waals surface area contributed by atoms with Gasteiger partial charge in [0.1, 0.15) is 0 Å². The van der Waals surface area contributed by atoms with Gasteiger partial charge in [-0.1, -0.05) is 68.3 Å². The van der Waals surface area contributed by atoms with E-state index in [2.05, 4.69) is 17.6 Å². The Morgan fingerprint density at radius 2 is 1.61 bits per heavy atom. The molecule has 2 aromatic carbocycles. The maximum Gasteiger partial charge on any atom is 0.308 e. The lowest BCUT2D eigenvalue weighted by molar-refractivity contribution is -0.149. The third-order valence-electron chi connectivity index (χ3n) is 5.74. The van der Waals surface area contributed by atoms with Crippen LogP contribution in [0.25, 0.3) is 0 Å². The van der Waals surface area contributed by atoms with E-state index in [1.54, 1.807) is 24.3 Å². The average Bonchev–Trinajstić information content (AvgIpc) is 2.80. The summed E-state index contributed by atoms with van der Waals surface area (Å²) in [6.07, 6.45) is 4.30. The van der Waals surface area contributed by atoms with Gasteiger partial charge in [0.15, 0.2) is 6.61 Å². The second-order valence-electron chi connectivity index (χ2n) is 8.10. The van der Waals surface area contributed by atoms with E-state index in [1.165, 1.54) is 6.42 Å². The fraction of sp³-hybridized carbons (Fsp3) is 0.400.